The number of fused-ring (bicyclic) bond motifs is 1. The number of nitrogens with zero attached hydrogens (tertiary/aromatic N) is 3. The lowest BCUT2D eigenvalue weighted by atomic mass is 9.85. The number of anilines is 1. The van der Waals surface area contributed by atoms with E-state index in [1.54, 1.807) is 6.20 Å². The Kier molecular flexibility index (Phi) is 5.41. The van der Waals surface area contributed by atoms with Crippen LogP contribution >= 0.6 is 0 Å². The van der Waals surface area contributed by atoms with Gasteiger partial charge in [0.25, 0.3) is 0 Å². The zero-order valence-electron chi connectivity index (χ0n) is 16.3. The highest BCUT2D eigenvalue weighted by molar-refractivity contribution is 5.92. The van der Waals surface area contributed by atoms with E-state index in [0.29, 0.717) is 12.2 Å². The van der Waals surface area contributed by atoms with Crippen LogP contribution in [0, 0.1) is 5.92 Å². The van der Waals surface area contributed by atoms with Crippen molar-refractivity contribution in [2.45, 2.75) is 64.5 Å². The van der Waals surface area contributed by atoms with Gasteiger partial charge in [0.15, 0.2) is 0 Å². The number of carbonyl (C=O) groups is 2. The zero-order valence-corrected chi connectivity index (χ0v) is 16.3. The summed E-state index contributed by atoms with van der Waals surface area (Å²) in [6.45, 7) is 2.50. The van der Waals surface area contributed by atoms with Crippen molar-refractivity contribution < 1.29 is 9.59 Å². The maximum absolute atomic E-state index is 12.7. The summed E-state index contributed by atoms with van der Waals surface area (Å²) in [5.74, 6) is 0.418. The Morgan fingerprint density at radius 2 is 2.11 bits per heavy atom. The molecule has 0 radical (unpaired) electrons. The van der Waals surface area contributed by atoms with Crippen LogP contribution in [0.4, 0.5) is 5.82 Å². The second-order valence-electron chi connectivity index (χ2n) is 7.87. The molecule has 1 aliphatic carbocycles. The minimum Gasteiger partial charge on any atom is -0.354 e. The Morgan fingerprint density at radius 1 is 1.21 bits per heavy atom. The molecule has 2 aromatic heterocycles. The SMILES string of the molecule is CC(=O)N[C@@H]1CCC[C@H](C(=O)Nc2cc(-c3cnn4c3CCCC4)ccn2)C1. The molecule has 0 bridgehead atoms. The number of amides is 2. The fourth-order valence-corrected chi connectivity index (χ4v) is 4.40. The Morgan fingerprint density at radius 3 is 2.96 bits per heavy atom. The van der Waals surface area contributed by atoms with Crippen LogP contribution in [0.2, 0.25) is 0 Å². The molecule has 0 spiro atoms. The highest BCUT2D eigenvalue weighted by Gasteiger charge is 2.28. The summed E-state index contributed by atoms with van der Waals surface area (Å²) < 4.78 is 2.09. The summed E-state index contributed by atoms with van der Waals surface area (Å²) in [4.78, 5) is 28.4. The Bertz CT molecular complexity index is 875. The molecule has 2 atom stereocenters. The molecule has 1 fully saturated rings. The molecule has 2 aromatic rings. The number of rotatable bonds is 4. The molecular formula is C21H27N5O2. The van der Waals surface area contributed by atoms with E-state index in [-0.39, 0.29) is 23.8 Å². The van der Waals surface area contributed by atoms with Gasteiger partial charge in [-0.25, -0.2) is 4.98 Å². The van der Waals surface area contributed by atoms with Crippen LogP contribution in [0.15, 0.2) is 24.5 Å². The number of aromatic nitrogens is 3. The lowest BCUT2D eigenvalue weighted by Gasteiger charge is -2.28. The maximum atomic E-state index is 12.7. The lowest BCUT2D eigenvalue weighted by Crippen LogP contribution is -2.40. The third-order valence-corrected chi connectivity index (χ3v) is 5.76. The van der Waals surface area contributed by atoms with Crippen molar-refractivity contribution in [1.29, 1.82) is 0 Å². The Labute approximate surface area is 164 Å². The van der Waals surface area contributed by atoms with Gasteiger partial charge < -0.3 is 10.6 Å². The average molecular weight is 381 g/mol. The van der Waals surface area contributed by atoms with Crippen molar-refractivity contribution in [3.8, 4) is 11.1 Å². The van der Waals surface area contributed by atoms with Crippen molar-refractivity contribution in [2.75, 3.05) is 5.32 Å². The standard InChI is InChI=1S/C21H27N5O2/c1-14(27)24-17-6-4-5-16(11-17)21(28)25-20-12-15(8-9-22-20)18-13-23-26-10-3-2-7-19(18)26/h8-9,12-13,16-17H,2-7,10-11H2,1H3,(H,24,27)(H,22,25,28)/t16-,17+/m0/s1. The third-order valence-electron chi connectivity index (χ3n) is 5.76. The highest BCUT2D eigenvalue weighted by atomic mass is 16.2. The van der Waals surface area contributed by atoms with Crippen LogP contribution in [0.3, 0.4) is 0 Å². The molecule has 148 valence electrons. The van der Waals surface area contributed by atoms with E-state index in [1.165, 1.54) is 25.5 Å². The lowest BCUT2D eigenvalue weighted by molar-refractivity contribution is -0.123. The first-order valence-electron chi connectivity index (χ1n) is 10.2. The molecule has 7 nitrogen and oxygen atoms in total. The van der Waals surface area contributed by atoms with E-state index in [1.807, 2.05) is 18.3 Å². The smallest absolute Gasteiger partial charge is 0.228 e. The molecule has 0 unspecified atom stereocenters. The van der Waals surface area contributed by atoms with E-state index in [0.717, 1.165) is 43.4 Å². The summed E-state index contributed by atoms with van der Waals surface area (Å²) >= 11 is 0. The van der Waals surface area contributed by atoms with Gasteiger partial charge >= 0.3 is 0 Å². The molecule has 2 N–H and O–H groups in total. The molecule has 4 rings (SSSR count). The number of pyridine rings is 1. The maximum Gasteiger partial charge on any atom is 0.228 e. The number of aryl methyl sites for hydroxylation is 1. The first kappa shape index (κ1) is 18.7. The normalized spacial score (nSPS) is 21.6. The summed E-state index contributed by atoms with van der Waals surface area (Å²) in [6.07, 6.45) is 10.5. The molecular weight excluding hydrogens is 354 g/mol. The minimum absolute atomic E-state index is 0.0169. The molecule has 1 saturated carbocycles. The number of hydrogen-bond donors (Lipinski definition) is 2. The summed E-state index contributed by atoms with van der Waals surface area (Å²) in [7, 11) is 0. The summed E-state index contributed by atoms with van der Waals surface area (Å²) in [5.41, 5.74) is 3.43. The fourth-order valence-electron chi connectivity index (χ4n) is 4.40. The third kappa shape index (κ3) is 4.08. The molecule has 3 heterocycles. The predicted octanol–water partition coefficient (Wildman–Crippen LogP) is 2.91. The summed E-state index contributed by atoms with van der Waals surface area (Å²) in [6, 6.07) is 3.98. The van der Waals surface area contributed by atoms with E-state index >= 15 is 0 Å². The van der Waals surface area contributed by atoms with E-state index in [4.69, 9.17) is 0 Å². The van der Waals surface area contributed by atoms with Crippen LogP contribution in [0.25, 0.3) is 11.1 Å². The predicted molar refractivity (Wildman–Crippen MR) is 107 cm³/mol. The van der Waals surface area contributed by atoms with Crippen molar-refractivity contribution in [3.63, 3.8) is 0 Å². The Balaban J connectivity index is 1.45. The van der Waals surface area contributed by atoms with Crippen LogP contribution in [0.5, 0.6) is 0 Å². The number of hydrogen-bond acceptors (Lipinski definition) is 4. The van der Waals surface area contributed by atoms with Gasteiger partial charge in [-0.1, -0.05) is 6.42 Å². The van der Waals surface area contributed by atoms with E-state index in [2.05, 4.69) is 25.4 Å². The monoisotopic (exact) mass is 381 g/mol. The van der Waals surface area contributed by atoms with Gasteiger partial charge in [-0.05, 0) is 56.2 Å². The van der Waals surface area contributed by atoms with Crippen LogP contribution < -0.4 is 10.6 Å². The van der Waals surface area contributed by atoms with Gasteiger partial charge in [-0.2, -0.15) is 5.10 Å². The molecule has 2 aliphatic rings. The number of nitrogens with one attached hydrogen (secondary N) is 2. The Hall–Kier alpha value is -2.70. The van der Waals surface area contributed by atoms with Gasteiger partial charge in [0.05, 0.1) is 6.20 Å². The molecule has 0 saturated heterocycles. The summed E-state index contributed by atoms with van der Waals surface area (Å²) in [5, 5.41) is 10.4. The van der Waals surface area contributed by atoms with Gasteiger partial charge in [0.1, 0.15) is 5.82 Å². The minimum atomic E-state index is -0.0973. The van der Waals surface area contributed by atoms with E-state index < -0.39 is 0 Å². The van der Waals surface area contributed by atoms with Gasteiger partial charge in [-0.3, -0.25) is 14.3 Å². The van der Waals surface area contributed by atoms with Crippen LogP contribution in [-0.4, -0.2) is 32.6 Å². The number of carbonyl (C=O) groups excluding carboxylic acids is 2. The molecule has 2 amide bonds. The van der Waals surface area contributed by atoms with Crippen LogP contribution in [0.1, 0.15) is 51.1 Å². The average Bonchev–Trinajstić information content (AvgIpc) is 3.12. The first-order chi connectivity index (χ1) is 13.6. The van der Waals surface area contributed by atoms with Crippen molar-refractivity contribution >= 4 is 17.6 Å². The molecule has 7 heteroatoms. The second-order valence-corrected chi connectivity index (χ2v) is 7.87. The van der Waals surface area contributed by atoms with Gasteiger partial charge in [0.2, 0.25) is 11.8 Å². The van der Waals surface area contributed by atoms with Crippen molar-refractivity contribution in [2.24, 2.45) is 5.92 Å². The molecule has 0 aromatic carbocycles. The van der Waals surface area contributed by atoms with Gasteiger partial charge in [-0.15, -0.1) is 0 Å². The second kappa shape index (κ2) is 8.12. The highest BCUT2D eigenvalue weighted by Crippen LogP contribution is 2.29. The first-order valence-corrected chi connectivity index (χ1v) is 10.2. The molecule has 28 heavy (non-hydrogen) atoms. The topological polar surface area (TPSA) is 88.9 Å². The molecule has 1 aliphatic heterocycles. The fraction of sp³-hybridized carbons (Fsp3) is 0.524. The largest absolute Gasteiger partial charge is 0.354 e. The van der Waals surface area contributed by atoms with Gasteiger partial charge in [0, 0.05) is 42.9 Å². The van der Waals surface area contributed by atoms with Crippen molar-refractivity contribution in [1.82, 2.24) is 20.1 Å². The van der Waals surface area contributed by atoms with Crippen molar-refractivity contribution in [3.05, 3.63) is 30.2 Å². The quantitative estimate of drug-likeness (QED) is 0.852. The van der Waals surface area contributed by atoms with E-state index in [9.17, 15) is 9.59 Å². The zero-order chi connectivity index (χ0) is 19.5. The van der Waals surface area contributed by atoms with Crippen LogP contribution in [-0.2, 0) is 22.6 Å².